The van der Waals surface area contributed by atoms with E-state index in [1.807, 2.05) is 0 Å². The Bertz CT molecular complexity index is 859. The summed E-state index contributed by atoms with van der Waals surface area (Å²) in [6.45, 7) is 0. The van der Waals surface area contributed by atoms with Crippen LogP contribution in [-0.2, 0) is 10.0 Å². The van der Waals surface area contributed by atoms with E-state index < -0.39 is 21.9 Å². The van der Waals surface area contributed by atoms with Gasteiger partial charge in [-0.3, -0.25) is 9.78 Å². The number of aromatic carboxylic acids is 1. The Morgan fingerprint density at radius 3 is 2.17 bits per heavy atom. The van der Waals surface area contributed by atoms with Gasteiger partial charge in [0.25, 0.3) is 5.91 Å². The molecule has 0 aliphatic rings. The van der Waals surface area contributed by atoms with E-state index in [0.29, 0.717) is 5.69 Å². The largest absolute Gasteiger partial charge is 0.478 e. The van der Waals surface area contributed by atoms with Crippen molar-refractivity contribution in [2.24, 2.45) is 0 Å². The van der Waals surface area contributed by atoms with Crippen molar-refractivity contribution in [3.05, 3.63) is 53.9 Å². The minimum absolute atomic E-state index is 0.0233. The molecule has 0 aliphatic carbocycles. The topological polar surface area (TPSA) is 117 Å². The summed E-state index contributed by atoms with van der Waals surface area (Å²) in [5.74, 6) is -1.66. The van der Waals surface area contributed by atoms with Gasteiger partial charge in [-0.15, -0.1) is 0 Å². The molecule has 1 heterocycles. The van der Waals surface area contributed by atoms with Crippen LogP contribution in [0.2, 0.25) is 0 Å². The highest BCUT2D eigenvalue weighted by atomic mass is 32.2. The van der Waals surface area contributed by atoms with E-state index in [0.717, 1.165) is 10.5 Å². The number of nitrogens with one attached hydrogen (secondary N) is 1. The van der Waals surface area contributed by atoms with Gasteiger partial charge in [0, 0.05) is 26.0 Å². The Morgan fingerprint density at radius 2 is 1.71 bits per heavy atom. The van der Waals surface area contributed by atoms with Gasteiger partial charge in [0.05, 0.1) is 10.5 Å². The molecule has 9 heteroatoms. The summed E-state index contributed by atoms with van der Waals surface area (Å²) >= 11 is 0. The van der Waals surface area contributed by atoms with E-state index >= 15 is 0 Å². The number of anilines is 1. The number of hydrogen-bond acceptors (Lipinski definition) is 5. The van der Waals surface area contributed by atoms with Crippen molar-refractivity contribution in [2.75, 3.05) is 19.4 Å². The van der Waals surface area contributed by atoms with Crippen molar-refractivity contribution < 1.29 is 23.1 Å². The van der Waals surface area contributed by atoms with E-state index in [4.69, 9.17) is 5.11 Å². The first-order chi connectivity index (χ1) is 11.2. The molecule has 0 bridgehead atoms. The van der Waals surface area contributed by atoms with Gasteiger partial charge in [0.2, 0.25) is 10.0 Å². The lowest BCUT2D eigenvalue weighted by molar-refractivity contribution is 0.0695. The molecule has 1 aromatic carbocycles. The number of pyridine rings is 1. The molecule has 0 aliphatic heterocycles. The fraction of sp³-hybridized carbons (Fsp3) is 0.133. The number of carbonyl (C=O) groups excluding carboxylic acids is 1. The molecule has 0 saturated carbocycles. The highest BCUT2D eigenvalue weighted by Crippen LogP contribution is 2.17. The van der Waals surface area contributed by atoms with Crippen LogP contribution in [0.5, 0.6) is 0 Å². The van der Waals surface area contributed by atoms with Gasteiger partial charge in [0.15, 0.2) is 0 Å². The third kappa shape index (κ3) is 3.76. The molecule has 8 nitrogen and oxygen atoms in total. The predicted octanol–water partition coefficient (Wildman–Crippen LogP) is 1.28. The van der Waals surface area contributed by atoms with E-state index in [1.54, 1.807) is 0 Å². The lowest BCUT2D eigenvalue weighted by Gasteiger charge is -2.12. The molecule has 1 amide bonds. The van der Waals surface area contributed by atoms with Crippen molar-refractivity contribution in [1.29, 1.82) is 0 Å². The van der Waals surface area contributed by atoms with Crippen LogP contribution in [0.3, 0.4) is 0 Å². The van der Waals surface area contributed by atoms with Crippen LogP contribution in [0.15, 0.2) is 47.5 Å². The van der Waals surface area contributed by atoms with Gasteiger partial charge in [0.1, 0.15) is 5.69 Å². The van der Waals surface area contributed by atoms with Gasteiger partial charge >= 0.3 is 5.97 Å². The number of benzene rings is 1. The molecule has 2 aromatic rings. The molecule has 0 radical (unpaired) electrons. The lowest BCUT2D eigenvalue weighted by atomic mass is 10.2. The third-order valence-electron chi connectivity index (χ3n) is 3.13. The predicted molar refractivity (Wildman–Crippen MR) is 86.5 cm³/mol. The third-order valence-corrected chi connectivity index (χ3v) is 4.96. The second kappa shape index (κ2) is 6.77. The lowest BCUT2D eigenvalue weighted by Crippen LogP contribution is -2.22. The zero-order valence-corrected chi connectivity index (χ0v) is 13.7. The van der Waals surface area contributed by atoms with Gasteiger partial charge < -0.3 is 10.4 Å². The maximum Gasteiger partial charge on any atom is 0.337 e. The van der Waals surface area contributed by atoms with Crippen molar-refractivity contribution in [1.82, 2.24) is 9.29 Å². The molecule has 24 heavy (non-hydrogen) atoms. The zero-order valence-electron chi connectivity index (χ0n) is 12.9. The van der Waals surface area contributed by atoms with Gasteiger partial charge in [-0.2, -0.15) is 0 Å². The Balaban J connectivity index is 2.14. The fourth-order valence-electron chi connectivity index (χ4n) is 1.77. The number of hydrogen-bond donors (Lipinski definition) is 2. The molecular formula is C15H15N3O5S. The van der Waals surface area contributed by atoms with E-state index in [1.165, 1.54) is 50.5 Å². The monoisotopic (exact) mass is 349 g/mol. The number of carbonyl (C=O) groups is 2. The molecule has 2 rings (SSSR count). The normalized spacial score (nSPS) is 11.3. The Hall–Kier alpha value is -2.78. The highest BCUT2D eigenvalue weighted by Gasteiger charge is 2.17. The summed E-state index contributed by atoms with van der Waals surface area (Å²) in [5, 5.41) is 11.3. The minimum Gasteiger partial charge on any atom is -0.478 e. The number of rotatable bonds is 5. The smallest absolute Gasteiger partial charge is 0.337 e. The summed E-state index contributed by atoms with van der Waals surface area (Å²) in [4.78, 5) is 26.7. The number of amides is 1. The van der Waals surface area contributed by atoms with Crippen LogP contribution < -0.4 is 5.32 Å². The molecule has 2 N–H and O–H groups in total. The van der Waals surface area contributed by atoms with Gasteiger partial charge in [-0.05, 0) is 36.4 Å². The van der Waals surface area contributed by atoms with E-state index in [-0.39, 0.29) is 16.2 Å². The van der Waals surface area contributed by atoms with Gasteiger partial charge in [-0.25, -0.2) is 17.5 Å². The van der Waals surface area contributed by atoms with Gasteiger partial charge in [-0.1, -0.05) is 0 Å². The molecule has 1 aromatic heterocycles. The Labute approximate surface area is 138 Å². The SMILES string of the molecule is CN(C)S(=O)(=O)c1ccc(NC(=O)c2ccc(C(=O)O)cn2)cc1. The molecular weight excluding hydrogens is 334 g/mol. The Morgan fingerprint density at radius 1 is 1.08 bits per heavy atom. The number of carboxylic acids is 1. The minimum atomic E-state index is -3.53. The second-order valence-electron chi connectivity index (χ2n) is 5.00. The average molecular weight is 349 g/mol. The van der Waals surface area contributed by atoms with Crippen molar-refractivity contribution in [3.8, 4) is 0 Å². The first-order valence-electron chi connectivity index (χ1n) is 6.75. The van der Waals surface area contributed by atoms with Crippen LogP contribution in [0, 0.1) is 0 Å². The second-order valence-corrected chi connectivity index (χ2v) is 7.16. The van der Waals surface area contributed by atoms with Crippen molar-refractivity contribution in [3.63, 3.8) is 0 Å². The molecule has 0 saturated heterocycles. The van der Waals surface area contributed by atoms with Crippen LogP contribution >= 0.6 is 0 Å². The maximum atomic E-state index is 12.0. The fourth-order valence-corrected chi connectivity index (χ4v) is 2.67. The highest BCUT2D eigenvalue weighted by molar-refractivity contribution is 7.89. The number of sulfonamides is 1. The Kier molecular flexibility index (Phi) is 4.96. The molecule has 0 atom stereocenters. The van der Waals surface area contributed by atoms with Crippen LogP contribution in [0.1, 0.15) is 20.8 Å². The summed E-state index contributed by atoms with van der Waals surface area (Å²) in [6.07, 6.45) is 1.09. The van der Waals surface area contributed by atoms with Crippen LogP contribution in [0.4, 0.5) is 5.69 Å². The van der Waals surface area contributed by atoms with E-state index in [2.05, 4.69) is 10.3 Å². The first kappa shape index (κ1) is 17.6. The molecule has 0 fully saturated rings. The van der Waals surface area contributed by atoms with Crippen LogP contribution in [-0.4, -0.2) is 48.8 Å². The van der Waals surface area contributed by atoms with Crippen molar-refractivity contribution in [2.45, 2.75) is 4.90 Å². The van der Waals surface area contributed by atoms with E-state index in [9.17, 15) is 18.0 Å². The summed E-state index contributed by atoms with van der Waals surface area (Å²) in [6, 6.07) is 8.25. The zero-order chi connectivity index (χ0) is 17.9. The summed E-state index contributed by atoms with van der Waals surface area (Å²) in [5.41, 5.74) is 0.414. The first-order valence-corrected chi connectivity index (χ1v) is 8.19. The average Bonchev–Trinajstić information content (AvgIpc) is 2.55. The quantitative estimate of drug-likeness (QED) is 0.840. The number of carboxylic acid groups (broad SMARTS) is 1. The molecule has 0 spiro atoms. The number of nitrogens with zero attached hydrogens (tertiary/aromatic N) is 2. The maximum absolute atomic E-state index is 12.0. The standard InChI is InChI=1S/C15H15N3O5S/c1-18(2)24(22,23)12-6-4-11(5-7-12)17-14(19)13-8-3-10(9-16-13)15(20)21/h3-9H,1-2H3,(H,17,19)(H,20,21). The molecule has 0 unspecified atom stereocenters. The molecule has 126 valence electrons. The van der Waals surface area contributed by atoms with Crippen LogP contribution in [0.25, 0.3) is 0 Å². The number of aromatic nitrogens is 1. The summed E-state index contributed by atoms with van der Waals surface area (Å²) < 4.78 is 25.0. The van der Waals surface area contributed by atoms with Crippen molar-refractivity contribution >= 4 is 27.6 Å². The summed E-state index contributed by atoms with van der Waals surface area (Å²) in [7, 11) is -0.678.